The van der Waals surface area contributed by atoms with Crippen molar-refractivity contribution in [2.75, 3.05) is 18.1 Å². The number of carbonyl (C=O) groups is 1. The summed E-state index contributed by atoms with van der Waals surface area (Å²) < 4.78 is 0. The Labute approximate surface area is 263 Å². The van der Waals surface area contributed by atoms with Crippen LogP contribution in [-0.4, -0.2) is 33.3 Å². The van der Waals surface area contributed by atoms with Crippen molar-refractivity contribution in [2.24, 2.45) is 51.2 Å². The summed E-state index contributed by atoms with van der Waals surface area (Å²) in [6, 6.07) is 4.36. The molecule has 0 saturated heterocycles. The van der Waals surface area contributed by atoms with Gasteiger partial charge in [0.1, 0.15) is 11.6 Å². The van der Waals surface area contributed by atoms with E-state index in [4.69, 9.17) is 10.7 Å². The molecule has 238 valence electrons. The number of H-pyrrole nitrogens is 1. The second kappa shape index (κ2) is 9.35. The third-order valence-corrected chi connectivity index (χ3v) is 14.5. The Hall–Kier alpha value is -2.83. The summed E-state index contributed by atoms with van der Waals surface area (Å²) in [5.41, 5.74) is 13.3. The summed E-state index contributed by atoms with van der Waals surface area (Å²) in [4.78, 5) is 17.6. The highest BCUT2D eigenvalue weighted by atomic mass is 16.4. The van der Waals surface area contributed by atoms with Gasteiger partial charge in [-0.05, 0) is 120 Å². The second-order valence-electron chi connectivity index (χ2n) is 17.4. The number of pyridine rings is 1. The van der Waals surface area contributed by atoms with Gasteiger partial charge in [-0.1, -0.05) is 54.0 Å². The molecule has 0 radical (unpaired) electrons. The smallest absolute Gasteiger partial charge is 0.306 e. The molecule has 5 N–H and O–H groups in total. The first kappa shape index (κ1) is 29.9. The molecule has 7 unspecified atom stereocenters. The largest absolute Gasteiger partial charge is 0.481 e. The molecular weight excluding hydrogens is 546 g/mol. The van der Waals surface area contributed by atoms with E-state index in [0.717, 1.165) is 44.3 Å². The van der Waals surface area contributed by atoms with Crippen LogP contribution in [0.15, 0.2) is 23.9 Å². The first-order valence-corrected chi connectivity index (χ1v) is 17.0. The maximum atomic E-state index is 12.8. The number of hydrogen-bond acceptors (Lipinski definition) is 5. The van der Waals surface area contributed by atoms with E-state index in [1.165, 1.54) is 35.2 Å². The van der Waals surface area contributed by atoms with Gasteiger partial charge in [0.05, 0.1) is 5.92 Å². The molecular formula is C37H53N5O2. The number of aliphatic carboxylic acids is 1. The lowest BCUT2D eigenvalue weighted by atomic mass is 9.33. The number of nitrogen functional groups attached to an aromatic ring is 1. The summed E-state index contributed by atoms with van der Waals surface area (Å²) in [5, 5.41) is 21.6. The van der Waals surface area contributed by atoms with Crippen LogP contribution in [0.5, 0.6) is 0 Å². The van der Waals surface area contributed by atoms with Crippen LogP contribution in [-0.2, 0) is 16.6 Å². The van der Waals surface area contributed by atoms with Crippen LogP contribution < -0.4 is 11.1 Å². The molecule has 2 aromatic rings. The number of fused-ring (bicyclic) bond motifs is 8. The molecule has 5 aliphatic rings. The summed E-state index contributed by atoms with van der Waals surface area (Å²) in [5.74, 6) is 2.07. The Morgan fingerprint density at radius 2 is 1.80 bits per heavy atom. The lowest BCUT2D eigenvalue weighted by Gasteiger charge is -2.70. The van der Waals surface area contributed by atoms with E-state index < -0.39 is 5.97 Å². The molecule has 0 bridgehead atoms. The number of hydrogen-bond donors (Lipinski definition) is 4. The van der Waals surface area contributed by atoms with Crippen molar-refractivity contribution in [1.29, 1.82) is 0 Å². The maximum Gasteiger partial charge on any atom is 0.306 e. The van der Waals surface area contributed by atoms with Gasteiger partial charge in [-0.2, -0.15) is 5.10 Å². The van der Waals surface area contributed by atoms with Crippen molar-refractivity contribution in [1.82, 2.24) is 15.2 Å². The van der Waals surface area contributed by atoms with E-state index in [0.29, 0.717) is 17.7 Å². The first-order chi connectivity index (χ1) is 20.6. The van der Waals surface area contributed by atoms with Gasteiger partial charge in [0, 0.05) is 29.9 Å². The van der Waals surface area contributed by atoms with Gasteiger partial charge in [0.15, 0.2) is 0 Å². The van der Waals surface area contributed by atoms with E-state index in [-0.39, 0.29) is 44.8 Å². The Bertz CT molecular complexity index is 1540. The first-order valence-electron chi connectivity index (χ1n) is 17.0. The Balaban J connectivity index is 1.45. The van der Waals surface area contributed by atoms with Gasteiger partial charge >= 0.3 is 5.97 Å². The zero-order valence-corrected chi connectivity index (χ0v) is 28.1. The van der Waals surface area contributed by atoms with Crippen LogP contribution in [0, 0.1) is 51.2 Å². The minimum atomic E-state index is -0.607. The molecule has 7 nitrogen and oxygen atoms in total. The van der Waals surface area contributed by atoms with E-state index >= 15 is 0 Å². The summed E-state index contributed by atoms with van der Waals surface area (Å²) in [6.07, 6.45) is 10.3. The van der Waals surface area contributed by atoms with Crippen LogP contribution in [0.4, 0.5) is 11.6 Å². The number of nitrogens with zero attached hydrogens (tertiary/aromatic N) is 2. The fourth-order valence-electron chi connectivity index (χ4n) is 12.4. The minimum Gasteiger partial charge on any atom is -0.481 e. The monoisotopic (exact) mass is 599 g/mol. The highest BCUT2D eigenvalue weighted by Gasteiger charge is 2.68. The lowest BCUT2D eigenvalue weighted by molar-refractivity contribution is -0.161. The lowest BCUT2D eigenvalue weighted by Crippen LogP contribution is -2.64. The molecule has 0 amide bonds. The fraction of sp³-hybridized carbons (Fsp3) is 0.703. The number of aromatic amines is 1. The van der Waals surface area contributed by atoms with E-state index in [9.17, 15) is 9.90 Å². The van der Waals surface area contributed by atoms with E-state index in [2.05, 4.69) is 82.3 Å². The summed E-state index contributed by atoms with van der Waals surface area (Å²) >= 11 is 0. The summed E-state index contributed by atoms with van der Waals surface area (Å²) in [7, 11) is 1.92. The zero-order chi connectivity index (χ0) is 31.6. The number of allylic oxidation sites excluding steroid dienone is 2. The van der Waals surface area contributed by atoms with E-state index in [1.54, 1.807) is 5.57 Å². The molecule has 8 atom stereocenters. The van der Waals surface area contributed by atoms with Gasteiger partial charge in [0.25, 0.3) is 0 Å². The van der Waals surface area contributed by atoms with Crippen molar-refractivity contribution in [3.05, 3.63) is 40.7 Å². The Morgan fingerprint density at radius 3 is 2.45 bits per heavy atom. The predicted molar refractivity (Wildman–Crippen MR) is 176 cm³/mol. The zero-order valence-electron chi connectivity index (χ0n) is 28.1. The van der Waals surface area contributed by atoms with Crippen LogP contribution in [0.3, 0.4) is 0 Å². The van der Waals surface area contributed by atoms with Gasteiger partial charge in [0.2, 0.25) is 0 Å². The van der Waals surface area contributed by atoms with Crippen molar-refractivity contribution >= 4 is 23.2 Å². The standard InChI is InChI=1S/C37H53N5O2/c1-33(2)16-23-21(24(17-33)32(43)44)11-13-37(7)29(23)22(20-9-10-28(39-8)40-19-20)15-27-35(5)18-25-30(41-42-31(25)38)34(3,4)26(35)12-14-36(27,37)6/h9-10,19,21,23-24,26-27H,11-18H2,1-8H3,(H,39,40)(H,43,44)(H3,38,41,42)/t21?,23?,24-,26?,27?,35?,36?,37?/m1/s1. The quantitative estimate of drug-likeness (QED) is 0.287. The molecule has 0 spiro atoms. The molecule has 7 heteroatoms. The minimum absolute atomic E-state index is 0.0151. The van der Waals surface area contributed by atoms with Crippen molar-refractivity contribution in [3.63, 3.8) is 0 Å². The normalized spacial score (nSPS) is 40.1. The van der Waals surface area contributed by atoms with Crippen molar-refractivity contribution in [2.45, 2.75) is 105 Å². The average Bonchev–Trinajstić information content (AvgIpc) is 3.32. The van der Waals surface area contributed by atoms with Gasteiger partial charge in [-0.25, -0.2) is 4.98 Å². The number of carboxylic acids is 1. The molecule has 0 aliphatic heterocycles. The van der Waals surface area contributed by atoms with Crippen LogP contribution >= 0.6 is 0 Å². The topological polar surface area (TPSA) is 117 Å². The SMILES string of the molecule is CNc1ccc(C2=C3C4CC(C)(C)C[C@@H](C(=O)O)C4CCC3(C)C3(C)CCC4C(C)(C)c5[nH]nc(N)c5CC4(C)C3C2)cn1. The number of anilines is 2. The van der Waals surface area contributed by atoms with E-state index in [1.807, 2.05) is 7.05 Å². The van der Waals surface area contributed by atoms with Gasteiger partial charge in [-0.3, -0.25) is 9.89 Å². The number of nitrogens with two attached hydrogens (primary N) is 1. The van der Waals surface area contributed by atoms with Crippen LogP contribution in [0.1, 0.15) is 110 Å². The number of nitrogens with one attached hydrogen (secondary N) is 2. The molecule has 7 rings (SSSR count). The van der Waals surface area contributed by atoms with Crippen molar-refractivity contribution in [3.8, 4) is 0 Å². The Morgan fingerprint density at radius 1 is 1.05 bits per heavy atom. The third-order valence-electron chi connectivity index (χ3n) is 14.5. The highest BCUT2D eigenvalue weighted by molar-refractivity contribution is 5.75. The van der Waals surface area contributed by atoms with Gasteiger partial charge in [-0.15, -0.1) is 0 Å². The number of aromatic nitrogens is 3. The molecule has 2 aromatic heterocycles. The molecule has 2 heterocycles. The van der Waals surface area contributed by atoms with Crippen molar-refractivity contribution < 1.29 is 9.90 Å². The molecule has 44 heavy (non-hydrogen) atoms. The Kier molecular flexibility index (Phi) is 6.35. The fourth-order valence-corrected chi connectivity index (χ4v) is 12.4. The molecule has 3 fully saturated rings. The maximum absolute atomic E-state index is 12.8. The molecule has 5 aliphatic carbocycles. The van der Waals surface area contributed by atoms with Gasteiger partial charge < -0.3 is 16.2 Å². The molecule has 3 saturated carbocycles. The molecule has 0 aromatic carbocycles. The predicted octanol–water partition coefficient (Wildman–Crippen LogP) is 7.71. The summed E-state index contributed by atoms with van der Waals surface area (Å²) in [6.45, 7) is 17.2. The average molecular weight is 600 g/mol. The number of rotatable bonds is 3. The number of carboxylic acid groups (broad SMARTS) is 1. The van der Waals surface area contributed by atoms with Crippen LogP contribution in [0.2, 0.25) is 0 Å². The second-order valence-corrected chi connectivity index (χ2v) is 17.4. The van der Waals surface area contributed by atoms with Crippen LogP contribution in [0.25, 0.3) is 5.57 Å². The third kappa shape index (κ3) is 3.82. The highest BCUT2D eigenvalue weighted by Crippen LogP contribution is 2.76.